The molecule has 1 N–H and O–H groups in total. The Labute approximate surface area is 122 Å². The van der Waals surface area contributed by atoms with Crippen LogP contribution in [0.1, 0.15) is 17.2 Å². The Morgan fingerprint density at radius 1 is 0.905 bits per heavy atom. The van der Waals surface area contributed by atoms with Gasteiger partial charge in [0.15, 0.2) is 0 Å². The molecular formula is C18H14N2O. The molecule has 1 atom stereocenters. The SMILES string of the molecule is C1=C(c2ccnc3ccccc23)NOC1c1ccccc1. The topological polar surface area (TPSA) is 34.2 Å². The lowest BCUT2D eigenvalue weighted by atomic mass is 10.0. The van der Waals surface area contributed by atoms with Crippen LogP contribution in [-0.4, -0.2) is 4.98 Å². The molecule has 2 aromatic carbocycles. The molecule has 3 heteroatoms. The van der Waals surface area contributed by atoms with Crippen molar-refractivity contribution < 1.29 is 4.84 Å². The predicted molar refractivity (Wildman–Crippen MR) is 83.1 cm³/mol. The van der Waals surface area contributed by atoms with Crippen molar-refractivity contribution in [2.45, 2.75) is 6.10 Å². The molecule has 1 aliphatic rings. The smallest absolute Gasteiger partial charge is 0.131 e. The molecule has 1 aliphatic heterocycles. The van der Waals surface area contributed by atoms with Crippen molar-refractivity contribution in [2.24, 2.45) is 0 Å². The zero-order valence-electron chi connectivity index (χ0n) is 11.4. The molecule has 1 aromatic heterocycles. The number of fused-ring (bicyclic) bond motifs is 1. The van der Waals surface area contributed by atoms with Crippen LogP contribution in [0.15, 0.2) is 72.9 Å². The number of para-hydroxylation sites is 1. The number of rotatable bonds is 2. The lowest BCUT2D eigenvalue weighted by Crippen LogP contribution is -2.07. The summed E-state index contributed by atoms with van der Waals surface area (Å²) in [6.07, 6.45) is 3.88. The van der Waals surface area contributed by atoms with E-state index in [0.717, 1.165) is 27.7 Å². The highest BCUT2D eigenvalue weighted by molar-refractivity contribution is 5.91. The highest BCUT2D eigenvalue weighted by atomic mass is 16.7. The van der Waals surface area contributed by atoms with Crippen molar-refractivity contribution in [2.75, 3.05) is 0 Å². The van der Waals surface area contributed by atoms with Gasteiger partial charge in [-0.05, 0) is 23.8 Å². The summed E-state index contributed by atoms with van der Waals surface area (Å²) in [5, 5.41) is 1.12. The van der Waals surface area contributed by atoms with Gasteiger partial charge in [0.25, 0.3) is 0 Å². The van der Waals surface area contributed by atoms with Gasteiger partial charge in [-0.15, -0.1) is 0 Å². The summed E-state index contributed by atoms with van der Waals surface area (Å²) in [6.45, 7) is 0. The molecule has 102 valence electrons. The second-order valence-corrected chi connectivity index (χ2v) is 5.01. The number of benzene rings is 2. The number of aromatic nitrogens is 1. The fourth-order valence-electron chi connectivity index (χ4n) is 2.63. The van der Waals surface area contributed by atoms with E-state index in [2.05, 4.69) is 34.7 Å². The van der Waals surface area contributed by atoms with Crippen LogP contribution in [-0.2, 0) is 4.84 Å². The van der Waals surface area contributed by atoms with Crippen LogP contribution in [0.5, 0.6) is 0 Å². The molecule has 0 amide bonds. The van der Waals surface area contributed by atoms with E-state index in [4.69, 9.17) is 4.84 Å². The van der Waals surface area contributed by atoms with Gasteiger partial charge in [0.05, 0.1) is 11.2 Å². The number of nitrogens with zero attached hydrogens (tertiary/aromatic N) is 1. The molecule has 3 aromatic rings. The van der Waals surface area contributed by atoms with E-state index in [9.17, 15) is 0 Å². The van der Waals surface area contributed by atoms with Crippen molar-refractivity contribution in [3.8, 4) is 0 Å². The molecule has 21 heavy (non-hydrogen) atoms. The Kier molecular flexibility index (Phi) is 2.91. The highest BCUT2D eigenvalue weighted by Gasteiger charge is 2.20. The maximum Gasteiger partial charge on any atom is 0.131 e. The van der Waals surface area contributed by atoms with Crippen molar-refractivity contribution in [1.29, 1.82) is 0 Å². The Morgan fingerprint density at radius 2 is 1.71 bits per heavy atom. The largest absolute Gasteiger partial charge is 0.266 e. The minimum atomic E-state index is -0.0619. The van der Waals surface area contributed by atoms with E-state index >= 15 is 0 Å². The zero-order chi connectivity index (χ0) is 14.1. The van der Waals surface area contributed by atoms with Gasteiger partial charge in [0, 0.05) is 17.1 Å². The fourth-order valence-corrected chi connectivity index (χ4v) is 2.63. The summed E-state index contributed by atoms with van der Waals surface area (Å²) < 4.78 is 0. The van der Waals surface area contributed by atoms with Crippen molar-refractivity contribution in [1.82, 2.24) is 10.5 Å². The Hall–Kier alpha value is -2.65. The maximum atomic E-state index is 5.69. The second kappa shape index (κ2) is 5.04. The molecule has 0 saturated carbocycles. The summed E-state index contributed by atoms with van der Waals surface area (Å²) in [4.78, 5) is 10.1. The molecule has 0 saturated heterocycles. The lowest BCUT2D eigenvalue weighted by Gasteiger charge is -2.08. The summed E-state index contributed by atoms with van der Waals surface area (Å²) in [6, 6.07) is 20.3. The van der Waals surface area contributed by atoms with Crippen LogP contribution in [0.4, 0.5) is 0 Å². The normalized spacial score (nSPS) is 17.5. The molecule has 0 radical (unpaired) electrons. The van der Waals surface area contributed by atoms with Gasteiger partial charge in [0.1, 0.15) is 6.10 Å². The third-order valence-corrected chi connectivity index (χ3v) is 3.68. The third kappa shape index (κ3) is 2.18. The standard InChI is InChI=1S/C18H14N2O/c1-2-6-13(7-3-1)18-12-17(20-21-18)15-10-11-19-16-9-5-4-8-14(15)16/h1-12,18,20H. The van der Waals surface area contributed by atoms with E-state index in [1.54, 1.807) is 0 Å². The Bertz CT molecular complexity index is 806. The van der Waals surface area contributed by atoms with E-state index in [1.807, 2.05) is 48.7 Å². The lowest BCUT2D eigenvalue weighted by molar-refractivity contribution is 0.0511. The Morgan fingerprint density at radius 3 is 2.62 bits per heavy atom. The molecule has 3 nitrogen and oxygen atoms in total. The summed E-state index contributed by atoms with van der Waals surface area (Å²) in [5.74, 6) is 0. The van der Waals surface area contributed by atoms with Crippen molar-refractivity contribution >= 4 is 16.6 Å². The monoisotopic (exact) mass is 274 g/mol. The van der Waals surface area contributed by atoms with E-state index < -0.39 is 0 Å². The molecule has 0 fully saturated rings. The second-order valence-electron chi connectivity index (χ2n) is 5.01. The number of nitrogens with one attached hydrogen (secondary N) is 1. The van der Waals surface area contributed by atoms with Gasteiger partial charge < -0.3 is 0 Å². The average Bonchev–Trinajstić information content (AvgIpc) is 3.05. The first-order valence-corrected chi connectivity index (χ1v) is 6.94. The summed E-state index contributed by atoms with van der Waals surface area (Å²) in [7, 11) is 0. The minimum Gasteiger partial charge on any atom is -0.266 e. The molecule has 2 heterocycles. The highest BCUT2D eigenvalue weighted by Crippen LogP contribution is 2.31. The van der Waals surface area contributed by atoms with Crippen LogP contribution in [0.25, 0.3) is 16.6 Å². The number of hydrogen-bond donors (Lipinski definition) is 1. The summed E-state index contributed by atoms with van der Waals surface area (Å²) >= 11 is 0. The fraction of sp³-hybridized carbons (Fsp3) is 0.0556. The van der Waals surface area contributed by atoms with Crippen LogP contribution in [0, 0.1) is 0 Å². The van der Waals surface area contributed by atoms with E-state index in [-0.39, 0.29) is 6.10 Å². The molecule has 4 rings (SSSR count). The van der Waals surface area contributed by atoms with Crippen LogP contribution in [0.2, 0.25) is 0 Å². The predicted octanol–water partition coefficient (Wildman–Crippen LogP) is 3.85. The van der Waals surface area contributed by atoms with Crippen molar-refractivity contribution in [3.05, 3.63) is 84.1 Å². The van der Waals surface area contributed by atoms with Crippen LogP contribution >= 0.6 is 0 Å². The molecule has 1 unspecified atom stereocenters. The first-order chi connectivity index (χ1) is 10.4. The molecule has 0 bridgehead atoms. The van der Waals surface area contributed by atoms with Crippen LogP contribution in [0.3, 0.4) is 0 Å². The Balaban J connectivity index is 1.77. The number of hydrogen-bond acceptors (Lipinski definition) is 3. The number of hydroxylamine groups is 1. The first-order valence-electron chi connectivity index (χ1n) is 6.94. The van der Waals surface area contributed by atoms with Gasteiger partial charge in [0.2, 0.25) is 0 Å². The third-order valence-electron chi connectivity index (χ3n) is 3.68. The zero-order valence-corrected chi connectivity index (χ0v) is 11.4. The van der Waals surface area contributed by atoms with E-state index in [0.29, 0.717) is 0 Å². The first kappa shape index (κ1) is 12.1. The molecule has 0 aliphatic carbocycles. The molecular weight excluding hydrogens is 260 g/mol. The van der Waals surface area contributed by atoms with Gasteiger partial charge >= 0.3 is 0 Å². The number of pyridine rings is 1. The van der Waals surface area contributed by atoms with Gasteiger partial charge in [-0.2, -0.15) is 0 Å². The van der Waals surface area contributed by atoms with Crippen molar-refractivity contribution in [3.63, 3.8) is 0 Å². The van der Waals surface area contributed by atoms with Crippen LogP contribution < -0.4 is 5.48 Å². The summed E-state index contributed by atoms with van der Waals surface area (Å²) in [5.41, 5.74) is 7.27. The minimum absolute atomic E-state index is 0.0619. The van der Waals surface area contributed by atoms with Gasteiger partial charge in [-0.3, -0.25) is 15.3 Å². The molecule has 0 spiro atoms. The van der Waals surface area contributed by atoms with Gasteiger partial charge in [-0.25, -0.2) is 0 Å². The van der Waals surface area contributed by atoms with Gasteiger partial charge in [-0.1, -0.05) is 48.5 Å². The average molecular weight is 274 g/mol. The quantitative estimate of drug-likeness (QED) is 0.770. The maximum absolute atomic E-state index is 5.69. The van der Waals surface area contributed by atoms with E-state index in [1.165, 1.54) is 0 Å².